The largest absolute Gasteiger partial charge is 0.612 e. The summed E-state index contributed by atoms with van der Waals surface area (Å²) < 4.78 is 32.2. The quantitative estimate of drug-likeness (QED) is 0.105. The fourth-order valence-corrected chi connectivity index (χ4v) is 4.16. The lowest BCUT2D eigenvalue weighted by Crippen LogP contribution is -2.48. The molecule has 0 heterocycles. The molecule has 12 nitrogen and oxygen atoms in total. The number of hydrogen-bond acceptors (Lipinski definition) is 12. The molecule has 0 aliphatic rings. The zero-order valence-corrected chi connectivity index (χ0v) is 31.5. The Bertz CT molecular complexity index is 623. The molecule has 14 heteroatoms. The molecule has 0 atom stereocenters. The van der Waals surface area contributed by atoms with E-state index in [0.29, 0.717) is 0 Å². The molecule has 0 aromatic heterocycles. The Hall–Kier alpha value is -0.566. The molecule has 0 aromatic rings. The molecule has 0 bridgehead atoms. The first-order valence-electron chi connectivity index (χ1n) is 13.8. The van der Waals surface area contributed by atoms with Crippen LogP contribution in [0.2, 0.25) is 0 Å². The fourth-order valence-electron chi connectivity index (χ4n) is 1.39. The molecule has 0 saturated heterocycles. The second-order valence-corrected chi connectivity index (χ2v) is 19.5. The Labute approximate surface area is 257 Å². The Kier molecular flexibility index (Phi) is 17.3. The van der Waals surface area contributed by atoms with Crippen molar-refractivity contribution in [3.63, 3.8) is 0 Å². The summed E-state index contributed by atoms with van der Waals surface area (Å²) >= 11 is 0. The normalized spacial score (nSPS) is 14.3. The van der Waals surface area contributed by atoms with Crippen molar-refractivity contribution in [1.82, 2.24) is 0 Å². The van der Waals surface area contributed by atoms with Gasteiger partial charge in [-0.15, -0.1) is 0 Å². The molecule has 0 radical (unpaired) electrons. The predicted octanol–water partition coefficient (Wildman–Crippen LogP) is 7.78. The van der Waals surface area contributed by atoms with Crippen molar-refractivity contribution in [1.29, 1.82) is 0 Å². The first-order valence-corrected chi connectivity index (χ1v) is 17.4. The first-order chi connectivity index (χ1) is 18.4. The topological polar surface area (TPSA) is 111 Å². The average molecular weight is 645 g/mol. The van der Waals surface area contributed by atoms with E-state index in [0.717, 1.165) is 0 Å². The molecule has 0 spiro atoms. The first kappa shape index (κ1) is 43.6. The summed E-state index contributed by atoms with van der Waals surface area (Å²) in [6, 6.07) is 0. The van der Waals surface area contributed by atoms with Crippen LogP contribution in [0.5, 0.6) is 0 Å². The van der Waals surface area contributed by atoms with Crippen LogP contribution in [-0.4, -0.2) is 51.2 Å². The lowest BCUT2D eigenvalue weighted by atomic mass is 10.2. The Morgan fingerprint density at radius 2 is 0.429 bits per heavy atom. The van der Waals surface area contributed by atoms with Gasteiger partial charge in [0.2, 0.25) is 0 Å². The molecule has 0 aromatic carbocycles. The van der Waals surface area contributed by atoms with Gasteiger partial charge in [-0.2, -0.15) is 0 Å². The van der Waals surface area contributed by atoms with E-state index in [1.54, 1.807) is 0 Å². The summed E-state index contributed by atoms with van der Waals surface area (Å²) in [5.41, 5.74) is -0.495. The molecular formula is C28H60O12Si2. The van der Waals surface area contributed by atoms with Gasteiger partial charge < -0.3 is 0 Å². The molecule has 0 aliphatic carbocycles. The van der Waals surface area contributed by atoms with Crippen LogP contribution in [-0.2, 0) is 56.8 Å². The monoisotopic (exact) mass is 644 g/mol. The van der Waals surface area contributed by atoms with Gasteiger partial charge in [-0.3, -0.25) is 0 Å². The summed E-state index contributed by atoms with van der Waals surface area (Å²) in [6.07, 6.45) is 0. The zero-order valence-electron chi connectivity index (χ0n) is 29.5. The van der Waals surface area contributed by atoms with E-state index in [1.807, 2.05) is 125 Å². The van der Waals surface area contributed by atoms with Crippen LogP contribution >= 0.6 is 0 Å². The highest BCUT2D eigenvalue weighted by Gasteiger charge is 2.48. The van der Waals surface area contributed by atoms with Crippen LogP contribution in [0.3, 0.4) is 0 Å². The van der Waals surface area contributed by atoms with Crippen molar-refractivity contribution in [2.45, 2.75) is 158 Å². The van der Waals surface area contributed by atoms with Gasteiger partial charge in [-0.1, -0.05) is 13.2 Å². The van der Waals surface area contributed by atoms with Crippen LogP contribution in [0.4, 0.5) is 0 Å². The van der Waals surface area contributed by atoms with Crippen molar-refractivity contribution in [2.75, 3.05) is 0 Å². The van der Waals surface area contributed by atoms with Crippen molar-refractivity contribution in [3.8, 4) is 0 Å². The smallest absolute Gasteiger partial charge is 0.237 e. The maximum Gasteiger partial charge on any atom is 0.612 e. The third kappa shape index (κ3) is 25.9. The van der Waals surface area contributed by atoms with Gasteiger partial charge in [-0.05, 0) is 136 Å². The summed E-state index contributed by atoms with van der Waals surface area (Å²) in [6.45, 7) is 40.4. The minimum atomic E-state index is -3.50. The van der Waals surface area contributed by atoms with E-state index in [1.165, 1.54) is 11.4 Å². The molecule has 0 rings (SSSR count). The molecule has 0 fully saturated rings. The van der Waals surface area contributed by atoms with E-state index >= 15 is 0 Å². The molecule has 0 saturated carbocycles. The highest BCUT2D eigenvalue weighted by atomic mass is 28.4. The number of hydrogen-bond donors (Lipinski definition) is 0. The van der Waals surface area contributed by atoms with Gasteiger partial charge in [0.15, 0.2) is 0 Å². The molecule has 0 amide bonds. The summed E-state index contributed by atoms with van der Waals surface area (Å²) in [5.74, 6) is 0. The Morgan fingerprint density at radius 3 is 0.500 bits per heavy atom. The fraction of sp³-hybridized carbons (Fsp3) is 0.857. The molecule has 0 N–H and O–H groups in total. The van der Waals surface area contributed by atoms with Crippen molar-refractivity contribution < 1.29 is 56.8 Å². The van der Waals surface area contributed by atoms with Crippen LogP contribution < -0.4 is 0 Å². The maximum absolute atomic E-state index is 5.36. The van der Waals surface area contributed by atoms with E-state index < -0.39 is 51.2 Å². The van der Waals surface area contributed by atoms with Gasteiger partial charge in [0.25, 0.3) is 0 Å². The highest BCUT2D eigenvalue weighted by Crippen LogP contribution is 2.24. The average Bonchev–Trinajstić information content (AvgIpc) is 2.76. The standard InChI is InChI=1S/2C14H30O6Si/c2*1-11-21(18-15-12(2,3)4,19-16-13(5,6)7)20-17-14(8,9)10/h2*11H,1H2,2-10H3. The molecule has 0 aliphatic heterocycles. The number of rotatable bonds is 14. The SMILES string of the molecule is C=C[Si](OOC(C)(C)C)(OOC(C)(C)C)OOC(C)(C)C.C=C[Si](OOC(C)(C)C)(OOC(C)(C)C)OOC(C)(C)C. The maximum atomic E-state index is 5.36. The van der Waals surface area contributed by atoms with Gasteiger partial charge in [0.05, 0.1) is 33.6 Å². The summed E-state index contributed by atoms with van der Waals surface area (Å²) in [4.78, 5) is 31.8. The lowest BCUT2D eigenvalue weighted by molar-refractivity contribution is -0.406. The molecular weight excluding hydrogens is 584 g/mol. The predicted molar refractivity (Wildman–Crippen MR) is 163 cm³/mol. The Morgan fingerprint density at radius 1 is 0.310 bits per heavy atom. The van der Waals surface area contributed by atoms with Gasteiger partial charge in [0.1, 0.15) is 0 Å². The summed E-state index contributed by atoms with van der Waals surface area (Å²) in [7, 11) is -7.00. The molecule has 0 unspecified atom stereocenters. The minimum absolute atomic E-state index is 0.544. The van der Waals surface area contributed by atoms with E-state index in [-0.39, 0.29) is 0 Å². The minimum Gasteiger partial charge on any atom is -0.237 e. The van der Waals surface area contributed by atoms with Crippen LogP contribution in [0.1, 0.15) is 125 Å². The Balaban J connectivity index is 0. The van der Waals surface area contributed by atoms with Crippen LogP contribution in [0, 0.1) is 0 Å². The summed E-state index contributed by atoms with van der Waals surface area (Å²) in [5, 5.41) is 0. The van der Waals surface area contributed by atoms with Gasteiger partial charge in [0, 0.05) is 0 Å². The second-order valence-electron chi connectivity index (χ2n) is 15.3. The van der Waals surface area contributed by atoms with E-state index in [9.17, 15) is 0 Å². The highest BCUT2D eigenvalue weighted by molar-refractivity contribution is 6.65. The van der Waals surface area contributed by atoms with Crippen molar-refractivity contribution in [3.05, 3.63) is 24.6 Å². The third-order valence-electron chi connectivity index (χ3n) is 2.95. The zero-order chi connectivity index (χ0) is 33.9. The van der Waals surface area contributed by atoms with Crippen LogP contribution in [0.15, 0.2) is 24.6 Å². The van der Waals surface area contributed by atoms with Crippen LogP contribution in [0.25, 0.3) is 0 Å². The van der Waals surface area contributed by atoms with Gasteiger partial charge in [-0.25, -0.2) is 56.8 Å². The van der Waals surface area contributed by atoms with Crippen molar-refractivity contribution >= 4 is 17.6 Å². The second kappa shape index (κ2) is 16.7. The molecule has 252 valence electrons. The molecule has 42 heavy (non-hydrogen) atoms. The van der Waals surface area contributed by atoms with Gasteiger partial charge >= 0.3 is 17.6 Å². The van der Waals surface area contributed by atoms with E-state index in [2.05, 4.69) is 13.2 Å². The van der Waals surface area contributed by atoms with Crippen molar-refractivity contribution in [2.24, 2.45) is 0 Å². The lowest BCUT2D eigenvalue weighted by Gasteiger charge is -2.31. The third-order valence-corrected chi connectivity index (χ3v) is 5.84. The van der Waals surface area contributed by atoms with E-state index in [4.69, 9.17) is 56.8 Å².